The number of aryl methyl sites for hydroxylation is 1. The zero-order chi connectivity index (χ0) is 25.2. The van der Waals surface area contributed by atoms with E-state index in [4.69, 9.17) is 4.74 Å². The van der Waals surface area contributed by atoms with Crippen LogP contribution in [0.15, 0.2) is 36.7 Å². The maximum Gasteiger partial charge on any atom is 0.416 e. The Morgan fingerprint density at radius 2 is 1.91 bits per heavy atom. The van der Waals surface area contributed by atoms with Gasteiger partial charge in [0.05, 0.1) is 29.2 Å². The second-order valence-corrected chi connectivity index (χ2v) is 9.67. The van der Waals surface area contributed by atoms with E-state index in [1.807, 2.05) is 13.0 Å². The summed E-state index contributed by atoms with van der Waals surface area (Å²) in [6, 6.07) is 5.39. The lowest BCUT2D eigenvalue weighted by Crippen LogP contribution is -2.25. The number of ether oxygens (including phenoxy) is 1. The lowest BCUT2D eigenvalue weighted by atomic mass is 9.79. The van der Waals surface area contributed by atoms with Crippen molar-refractivity contribution in [2.45, 2.75) is 44.9 Å². The maximum atomic E-state index is 13.0. The Kier molecular flexibility index (Phi) is 7.36. The molecule has 11 heteroatoms. The van der Waals surface area contributed by atoms with Crippen LogP contribution in [0.2, 0.25) is 0 Å². The monoisotopic (exact) mass is 506 g/mol. The minimum absolute atomic E-state index is 0.00425. The van der Waals surface area contributed by atoms with E-state index in [1.54, 1.807) is 12.3 Å². The number of aliphatic hydroxyl groups excluding tert-OH is 1. The summed E-state index contributed by atoms with van der Waals surface area (Å²) in [4.78, 5) is 25.3. The van der Waals surface area contributed by atoms with Crippen molar-refractivity contribution in [3.63, 3.8) is 0 Å². The number of esters is 1. The molecule has 0 amide bonds. The third-order valence-electron chi connectivity index (χ3n) is 6.10. The standard InChI is InChI=1S/C24H25F3N4O3S/c1-13-9-17(30-20(10-13)31-19-11-16(7-8-28-19)24(25,26)27)18-12-29-22(35-18)21(32)14-3-5-15(6-4-14)23(33)34-2/h7-12,14-15,21,32H,3-6H2,1-2H3,(H,28,30,31)/t14-,15-,21?. The number of carbonyl (C=O) groups is 1. The van der Waals surface area contributed by atoms with E-state index in [0.717, 1.165) is 28.8 Å². The number of hydrogen-bond donors (Lipinski definition) is 2. The van der Waals surface area contributed by atoms with Crippen molar-refractivity contribution in [3.8, 4) is 10.6 Å². The van der Waals surface area contributed by atoms with Gasteiger partial charge in [-0.2, -0.15) is 13.2 Å². The third kappa shape index (κ3) is 5.96. The molecule has 186 valence electrons. The van der Waals surface area contributed by atoms with E-state index in [9.17, 15) is 23.1 Å². The fraction of sp³-hybridized carbons (Fsp3) is 0.417. The van der Waals surface area contributed by atoms with Gasteiger partial charge in [0.2, 0.25) is 0 Å². The fourth-order valence-corrected chi connectivity index (χ4v) is 5.20. The first kappa shape index (κ1) is 25.1. The molecule has 7 nitrogen and oxygen atoms in total. The fourth-order valence-electron chi connectivity index (χ4n) is 4.25. The zero-order valence-corrected chi connectivity index (χ0v) is 20.0. The van der Waals surface area contributed by atoms with Gasteiger partial charge in [0.25, 0.3) is 0 Å². The van der Waals surface area contributed by atoms with Gasteiger partial charge in [-0.1, -0.05) is 0 Å². The number of carbonyl (C=O) groups excluding carboxylic acids is 1. The number of aromatic nitrogens is 3. The van der Waals surface area contributed by atoms with E-state index in [-0.39, 0.29) is 23.6 Å². The number of nitrogens with one attached hydrogen (secondary N) is 1. The third-order valence-corrected chi connectivity index (χ3v) is 7.19. The molecular weight excluding hydrogens is 481 g/mol. The van der Waals surface area contributed by atoms with E-state index in [2.05, 4.69) is 20.3 Å². The van der Waals surface area contributed by atoms with E-state index in [0.29, 0.717) is 42.2 Å². The zero-order valence-electron chi connectivity index (χ0n) is 19.2. The van der Waals surface area contributed by atoms with Crippen molar-refractivity contribution in [2.75, 3.05) is 12.4 Å². The average molecular weight is 507 g/mol. The smallest absolute Gasteiger partial charge is 0.416 e. The highest BCUT2D eigenvalue weighted by Gasteiger charge is 2.33. The van der Waals surface area contributed by atoms with Crippen molar-refractivity contribution < 1.29 is 27.8 Å². The van der Waals surface area contributed by atoms with Crippen molar-refractivity contribution in [3.05, 3.63) is 52.8 Å². The van der Waals surface area contributed by atoms with Crippen molar-refractivity contribution in [1.29, 1.82) is 0 Å². The van der Waals surface area contributed by atoms with Crippen LogP contribution in [0, 0.1) is 18.8 Å². The SMILES string of the molecule is COC(=O)[C@H]1CC[C@H](C(O)c2ncc(-c3cc(C)cc(Nc4cc(C(F)(F)F)ccn4)n3)s2)CC1. The Labute approximate surface area is 204 Å². The first-order valence-electron chi connectivity index (χ1n) is 11.1. The van der Waals surface area contributed by atoms with Crippen LogP contribution in [0.25, 0.3) is 10.6 Å². The number of alkyl halides is 3. The predicted octanol–water partition coefficient (Wildman–Crippen LogP) is 5.68. The van der Waals surface area contributed by atoms with E-state index < -0.39 is 17.8 Å². The molecule has 1 aliphatic rings. The molecule has 0 bridgehead atoms. The Balaban J connectivity index is 1.48. The predicted molar refractivity (Wildman–Crippen MR) is 125 cm³/mol. The molecule has 0 saturated heterocycles. The molecule has 35 heavy (non-hydrogen) atoms. The van der Waals surface area contributed by atoms with Crippen molar-refractivity contribution in [2.24, 2.45) is 11.8 Å². The van der Waals surface area contributed by atoms with Gasteiger partial charge in [0.1, 0.15) is 22.7 Å². The highest BCUT2D eigenvalue weighted by atomic mass is 32.1. The second kappa shape index (κ2) is 10.3. The Bertz CT molecular complexity index is 1190. The minimum atomic E-state index is -4.47. The summed E-state index contributed by atoms with van der Waals surface area (Å²) in [5.41, 5.74) is 0.635. The van der Waals surface area contributed by atoms with Crippen LogP contribution in [0.1, 0.15) is 47.9 Å². The van der Waals surface area contributed by atoms with Crippen molar-refractivity contribution >= 4 is 28.9 Å². The Morgan fingerprint density at radius 3 is 2.60 bits per heavy atom. The first-order valence-corrected chi connectivity index (χ1v) is 12.0. The molecule has 1 saturated carbocycles. The van der Waals surface area contributed by atoms with Gasteiger partial charge in [-0.05, 0) is 68.4 Å². The highest BCUT2D eigenvalue weighted by Crippen LogP contribution is 2.40. The summed E-state index contributed by atoms with van der Waals surface area (Å²) in [7, 11) is 1.39. The second-order valence-electron chi connectivity index (χ2n) is 8.61. The molecule has 0 aromatic carbocycles. The molecular formula is C24H25F3N4O3S. The number of thiazole rings is 1. The molecule has 1 atom stereocenters. The maximum absolute atomic E-state index is 13.0. The minimum Gasteiger partial charge on any atom is -0.469 e. The van der Waals surface area contributed by atoms with Gasteiger partial charge in [-0.15, -0.1) is 11.3 Å². The van der Waals surface area contributed by atoms with E-state index in [1.165, 1.54) is 18.4 Å². The average Bonchev–Trinajstić information content (AvgIpc) is 3.33. The quantitative estimate of drug-likeness (QED) is 0.415. The molecule has 1 fully saturated rings. The molecule has 0 spiro atoms. The molecule has 0 aliphatic heterocycles. The van der Waals surface area contributed by atoms with Crippen LogP contribution in [0.4, 0.5) is 24.8 Å². The summed E-state index contributed by atoms with van der Waals surface area (Å²) < 4.78 is 43.9. The number of methoxy groups -OCH3 is 1. The molecule has 3 aromatic rings. The molecule has 4 rings (SSSR count). The Hall–Kier alpha value is -3.05. The molecule has 1 unspecified atom stereocenters. The Morgan fingerprint density at radius 1 is 1.17 bits per heavy atom. The summed E-state index contributed by atoms with van der Waals surface area (Å²) in [5.74, 6) is 0.0636. The highest BCUT2D eigenvalue weighted by molar-refractivity contribution is 7.15. The van der Waals surface area contributed by atoms with Gasteiger partial charge >= 0.3 is 12.1 Å². The van der Waals surface area contributed by atoms with Crippen LogP contribution in [0.5, 0.6) is 0 Å². The lowest BCUT2D eigenvalue weighted by molar-refractivity contribution is -0.147. The van der Waals surface area contributed by atoms with Gasteiger partial charge in [0.15, 0.2) is 0 Å². The summed E-state index contributed by atoms with van der Waals surface area (Å²) >= 11 is 1.32. The number of pyridine rings is 2. The van der Waals surface area contributed by atoms with Crippen molar-refractivity contribution in [1.82, 2.24) is 15.0 Å². The number of nitrogens with zero attached hydrogens (tertiary/aromatic N) is 3. The van der Waals surface area contributed by atoms with Gasteiger partial charge in [0, 0.05) is 12.4 Å². The normalized spacial score (nSPS) is 19.3. The van der Waals surface area contributed by atoms with Crippen LogP contribution in [-0.2, 0) is 15.7 Å². The number of aliphatic hydroxyl groups is 1. The lowest BCUT2D eigenvalue weighted by Gasteiger charge is -2.29. The summed E-state index contributed by atoms with van der Waals surface area (Å²) in [6.07, 6.45) is 0.268. The summed E-state index contributed by atoms with van der Waals surface area (Å²) in [6.45, 7) is 1.85. The van der Waals surface area contributed by atoms with Gasteiger partial charge in [-0.3, -0.25) is 4.79 Å². The number of halogens is 3. The molecule has 3 aromatic heterocycles. The molecule has 1 aliphatic carbocycles. The number of rotatable bonds is 6. The van der Waals surface area contributed by atoms with Crippen LogP contribution >= 0.6 is 11.3 Å². The summed E-state index contributed by atoms with van der Waals surface area (Å²) in [5, 5.41) is 14.3. The van der Waals surface area contributed by atoms with Crippen LogP contribution in [-0.4, -0.2) is 33.1 Å². The molecule has 0 radical (unpaired) electrons. The number of hydrogen-bond acceptors (Lipinski definition) is 8. The molecule has 3 heterocycles. The largest absolute Gasteiger partial charge is 0.469 e. The molecule has 2 N–H and O–H groups in total. The van der Waals surface area contributed by atoms with Gasteiger partial charge < -0.3 is 15.2 Å². The van der Waals surface area contributed by atoms with E-state index >= 15 is 0 Å². The van der Waals surface area contributed by atoms with Crippen LogP contribution < -0.4 is 5.32 Å². The first-order chi connectivity index (χ1) is 16.6. The topological polar surface area (TPSA) is 97.2 Å². The van der Waals surface area contributed by atoms with Crippen LogP contribution in [0.3, 0.4) is 0 Å². The van der Waals surface area contributed by atoms with Gasteiger partial charge in [-0.25, -0.2) is 15.0 Å². The number of anilines is 2.